The molecular formula is C17H24N6O. The van der Waals surface area contributed by atoms with E-state index in [9.17, 15) is 4.79 Å². The van der Waals surface area contributed by atoms with Gasteiger partial charge in [-0.2, -0.15) is 5.10 Å². The lowest BCUT2D eigenvalue weighted by atomic mass is 9.78. The largest absolute Gasteiger partial charge is 0.355 e. The van der Waals surface area contributed by atoms with Crippen molar-refractivity contribution in [1.29, 1.82) is 0 Å². The number of hydrogen-bond acceptors (Lipinski definition) is 5. The summed E-state index contributed by atoms with van der Waals surface area (Å²) in [4.78, 5) is 26.2. The fourth-order valence-electron chi connectivity index (χ4n) is 4.35. The summed E-state index contributed by atoms with van der Waals surface area (Å²) in [7, 11) is 3.83. The lowest BCUT2D eigenvalue weighted by Crippen LogP contribution is -2.48. The number of aryl methyl sites for hydroxylation is 3. The zero-order chi connectivity index (χ0) is 17.1. The molecule has 2 aliphatic heterocycles. The minimum atomic E-state index is -0.242. The number of aromatic nitrogens is 4. The number of piperidine rings is 1. The summed E-state index contributed by atoms with van der Waals surface area (Å²) in [5, 5.41) is 5.52. The maximum Gasteiger partial charge on any atom is 0.230 e. The second-order valence-corrected chi connectivity index (χ2v) is 7.28. The van der Waals surface area contributed by atoms with E-state index < -0.39 is 0 Å². The lowest BCUT2D eigenvalue weighted by molar-refractivity contribution is -0.143. The number of fused-ring (bicyclic) bond motifs is 1. The zero-order valence-corrected chi connectivity index (χ0v) is 14.8. The third kappa shape index (κ3) is 2.10. The first-order valence-corrected chi connectivity index (χ1v) is 8.60. The van der Waals surface area contributed by atoms with E-state index in [2.05, 4.69) is 15.0 Å². The topological polar surface area (TPSA) is 67.2 Å². The van der Waals surface area contributed by atoms with E-state index in [0.29, 0.717) is 5.91 Å². The van der Waals surface area contributed by atoms with Gasteiger partial charge in [0.1, 0.15) is 11.6 Å². The zero-order valence-electron chi connectivity index (χ0n) is 14.8. The van der Waals surface area contributed by atoms with E-state index in [4.69, 9.17) is 4.98 Å². The molecule has 4 rings (SSSR count). The van der Waals surface area contributed by atoms with Crippen LogP contribution in [0.25, 0.3) is 11.0 Å². The molecule has 7 nitrogen and oxygen atoms in total. The number of anilines is 1. The average molecular weight is 328 g/mol. The highest BCUT2D eigenvalue weighted by Gasteiger charge is 2.48. The number of carbonyl (C=O) groups excluding carboxylic acids is 1. The molecule has 0 N–H and O–H groups in total. The van der Waals surface area contributed by atoms with Gasteiger partial charge in [0, 0.05) is 33.7 Å². The molecule has 0 unspecified atom stereocenters. The van der Waals surface area contributed by atoms with Crippen LogP contribution in [-0.4, -0.2) is 57.2 Å². The molecule has 2 saturated heterocycles. The molecule has 0 radical (unpaired) electrons. The van der Waals surface area contributed by atoms with Gasteiger partial charge < -0.3 is 9.80 Å². The molecule has 4 heterocycles. The van der Waals surface area contributed by atoms with Gasteiger partial charge in [-0.05, 0) is 33.1 Å². The molecule has 1 spiro atoms. The van der Waals surface area contributed by atoms with Crippen LogP contribution in [0, 0.1) is 19.3 Å². The van der Waals surface area contributed by atoms with Crippen LogP contribution >= 0.6 is 0 Å². The third-order valence-corrected chi connectivity index (χ3v) is 5.55. The summed E-state index contributed by atoms with van der Waals surface area (Å²) in [6, 6.07) is 0. The number of likely N-dealkylation sites (tertiary alicyclic amines) is 1. The predicted molar refractivity (Wildman–Crippen MR) is 91.9 cm³/mol. The average Bonchev–Trinajstić information content (AvgIpc) is 3.08. The SMILES string of the molecule is Cc1nc(N2CC[C@@]3(CCCN(C)C3=O)C2)c2c(C)nn(C)c2n1. The van der Waals surface area contributed by atoms with Gasteiger partial charge in [-0.3, -0.25) is 9.48 Å². The van der Waals surface area contributed by atoms with Crippen LogP contribution in [0.15, 0.2) is 0 Å². The van der Waals surface area contributed by atoms with Crippen molar-refractivity contribution in [2.45, 2.75) is 33.1 Å². The monoisotopic (exact) mass is 328 g/mol. The molecule has 2 aromatic rings. The van der Waals surface area contributed by atoms with Crippen LogP contribution in [0.2, 0.25) is 0 Å². The lowest BCUT2D eigenvalue weighted by Gasteiger charge is -2.37. The van der Waals surface area contributed by atoms with Gasteiger partial charge >= 0.3 is 0 Å². The summed E-state index contributed by atoms with van der Waals surface area (Å²) in [5.41, 5.74) is 1.56. The van der Waals surface area contributed by atoms with Crippen molar-refractivity contribution in [1.82, 2.24) is 24.6 Å². The molecule has 2 aliphatic rings. The Balaban J connectivity index is 1.76. The Hall–Kier alpha value is -2.18. The smallest absolute Gasteiger partial charge is 0.230 e. The highest BCUT2D eigenvalue weighted by Crippen LogP contribution is 2.42. The van der Waals surface area contributed by atoms with E-state index in [1.54, 1.807) is 0 Å². The highest BCUT2D eigenvalue weighted by molar-refractivity contribution is 5.91. The maximum atomic E-state index is 12.8. The van der Waals surface area contributed by atoms with E-state index in [1.807, 2.05) is 37.5 Å². The quantitative estimate of drug-likeness (QED) is 0.792. The molecule has 1 atom stereocenters. The Morgan fingerprint density at radius 3 is 2.67 bits per heavy atom. The Labute approximate surface area is 141 Å². The molecule has 24 heavy (non-hydrogen) atoms. The number of nitrogens with zero attached hydrogens (tertiary/aromatic N) is 6. The van der Waals surface area contributed by atoms with Crippen LogP contribution in [0.5, 0.6) is 0 Å². The summed E-state index contributed by atoms with van der Waals surface area (Å²) < 4.78 is 1.81. The van der Waals surface area contributed by atoms with Gasteiger partial charge in [-0.25, -0.2) is 9.97 Å². The van der Waals surface area contributed by atoms with Crippen molar-refractivity contribution in [3.63, 3.8) is 0 Å². The van der Waals surface area contributed by atoms with Crippen molar-refractivity contribution in [2.24, 2.45) is 12.5 Å². The van der Waals surface area contributed by atoms with Gasteiger partial charge in [0.15, 0.2) is 5.65 Å². The van der Waals surface area contributed by atoms with E-state index in [1.165, 1.54) is 0 Å². The second-order valence-electron chi connectivity index (χ2n) is 7.28. The fraction of sp³-hybridized carbons (Fsp3) is 0.647. The van der Waals surface area contributed by atoms with Crippen LogP contribution in [0.4, 0.5) is 5.82 Å². The first-order valence-electron chi connectivity index (χ1n) is 8.60. The molecule has 1 amide bonds. The van der Waals surface area contributed by atoms with Gasteiger partial charge in [-0.15, -0.1) is 0 Å². The standard InChI is InChI=1S/C17H24N6O/c1-11-13-14(22(4)20-11)18-12(2)19-15(13)23-9-7-17(10-23)6-5-8-21(3)16(17)24/h5-10H2,1-4H3/t17-/m0/s1. The molecule has 0 aliphatic carbocycles. The van der Waals surface area contributed by atoms with Crippen LogP contribution < -0.4 is 4.90 Å². The Morgan fingerprint density at radius 1 is 1.08 bits per heavy atom. The summed E-state index contributed by atoms with van der Waals surface area (Å²) >= 11 is 0. The van der Waals surface area contributed by atoms with Gasteiger partial charge in [0.2, 0.25) is 5.91 Å². The van der Waals surface area contributed by atoms with E-state index >= 15 is 0 Å². The fourth-order valence-corrected chi connectivity index (χ4v) is 4.35. The van der Waals surface area contributed by atoms with Crippen molar-refractivity contribution in [2.75, 3.05) is 31.6 Å². The number of hydrogen-bond donors (Lipinski definition) is 0. The Morgan fingerprint density at radius 2 is 1.88 bits per heavy atom. The van der Waals surface area contributed by atoms with Gasteiger partial charge in [0.25, 0.3) is 0 Å². The van der Waals surface area contributed by atoms with E-state index in [0.717, 1.165) is 67.3 Å². The van der Waals surface area contributed by atoms with Gasteiger partial charge in [0.05, 0.1) is 16.5 Å². The Kier molecular flexibility index (Phi) is 3.30. The van der Waals surface area contributed by atoms with Crippen molar-refractivity contribution < 1.29 is 4.79 Å². The third-order valence-electron chi connectivity index (χ3n) is 5.55. The van der Waals surface area contributed by atoms with Crippen molar-refractivity contribution in [3.05, 3.63) is 11.5 Å². The van der Waals surface area contributed by atoms with Gasteiger partial charge in [-0.1, -0.05) is 0 Å². The number of amides is 1. The predicted octanol–water partition coefficient (Wildman–Crippen LogP) is 1.43. The van der Waals surface area contributed by atoms with E-state index in [-0.39, 0.29) is 5.41 Å². The molecule has 0 aromatic carbocycles. The minimum absolute atomic E-state index is 0.242. The summed E-state index contributed by atoms with van der Waals surface area (Å²) in [6.45, 7) is 6.39. The van der Waals surface area contributed by atoms with Crippen LogP contribution in [0.1, 0.15) is 30.8 Å². The molecule has 128 valence electrons. The van der Waals surface area contributed by atoms with Crippen molar-refractivity contribution >= 4 is 22.8 Å². The van der Waals surface area contributed by atoms with Crippen LogP contribution in [-0.2, 0) is 11.8 Å². The second kappa shape index (κ2) is 5.16. The first kappa shape index (κ1) is 15.4. The maximum absolute atomic E-state index is 12.8. The van der Waals surface area contributed by atoms with Crippen LogP contribution in [0.3, 0.4) is 0 Å². The molecular weight excluding hydrogens is 304 g/mol. The number of carbonyl (C=O) groups is 1. The molecule has 7 heteroatoms. The summed E-state index contributed by atoms with van der Waals surface area (Å²) in [6.07, 6.45) is 2.96. The first-order chi connectivity index (χ1) is 11.4. The molecule has 0 saturated carbocycles. The molecule has 2 aromatic heterocycles. The minimum Gasteiger partial charge on any atom is -0.355 e. The number of rotatable bonds is 1. The normalized spacial score (nSPS) is 24.6. The highest BCUT2D eigenvalue weighted by atomic mass is 16.2. The Bertz CT molecular complexity index is 828. The molecule has 0 bridgehead atoms. The summed E-state index contributed by atoms with van der Waals surface area (Å²) in [5.74, 6) is 1.97. The van der Waals surface area contributed by atoms with Crippen molar-refractivity contribution in [3.8, 4) is 0 Å². The molecule has 2 fully saturated rings.